The molecule has 0 aliphatic carbocycles. The molecule has 0 unspecified atom stereocenters. The second-order valence-electron chi connectivity index (χ2n) is 5.09. The molecular weight excluding hydrogens is 368 g/mol. The molecule has 10 heteroatoms. The van der Waals surface area contributed by atoms with Gasteiger partial charge in [-0.25, -0.2) is 9.18 Å². The minimum Gasteiger partial charge on any atom is -0.455 e. The first-order chi connectivity index (χ1) is 11.8. The summed E-state index contributed by atoms with van der Waals surface area (Å²) in [6, 6.07) is 5.90. The molecular formula is C15H9ClF4N2O3. The van der Waals surface area contributed by atoms with Crippen LogP contribution in [0.15, 0.2) is 44.1 Å². The zero-order valence-electron chi connectivity index (χ0n) is 12.3. The highest BCUT2D eigenvalue weighted by molar-refractivity contribution is 6.31. The van der Waals surface area contributed by atoms with Gasteiger partial charge in [-0.15, -0.1) is 0 Å². The number of halogens is 5. The van der Waals surface area contributed by atoms with Crippen molar-refractivity contribution in [2.45, 2.75) is 19.1 Å². The van der Waals surface area contributed by atoms with E-state index in [0.29, 0.717) is 0 Å². The van der Waals surface area contributed by atoms with Crippen molar-refractivity contribution in [3.05, 3.63) is 74.6 Å². The summed E-state index contributed by atoms with van der Waals surface area (Å²) in [5.41, 5.74) is 0.0849. The third-order valence-corrected chi connectivity index (χ3v) is 3.77. The average molecular weight is 377 g/mol. The molecule has 0 amide bonds. The lowest BCUT2D eigenvalue weighted by molar-refractivity contribution is -0.153. The second kappa shape index (κ2) is 6.40. The zero-order valence-corrected chi connectivity index (χ0v) is 13.1. The normalized spacial score (nSPS) is 11.9. The molecule has 0 aliphatic heterocycles. The molecule has 0 fully saturated rings. The van der Waals surface area contributed by atoms with Gasteiger partial charge in [0.05, 0.1) is 6.54 Å². The Morgan fingerprint density at radius 2 is 1.96 bits per heavy atom. The molecule has 0 spiro atoms. The number of furan rings is 1. The summed E-state index contributed by atoms with van der Waals surface area (Å²) in [5.74, 6) is -2.83. The highest BCUT2D eigenvalue weighted by atomic mass is 35.5. The largest absolute Gasteiger partial charge is 0.455 e. The van der Waals surface area contributed by atoms with Crippen LogP contribution in [0.1, 0.15) is 22.9 Å². The molecule has 5 nitrogen and oxygen atoms in total. The summed E-state index contributed by atoms with van der Waals surface area (Å²) in [7, 11) is 0. The first kappa shape index (κ1) is 17.3. The minimum absolute atomic E-state index is 0.00181. The summed E-state index contributed by atoms with van der Waals surface area (Å²) in [6.45, 7) is -0.347. The van der Waals surface area contributed by atoms with Crippen LogP contribution in [0.2, 0.25) is 5.02 Å². The molecule has 25 heavy (non-hydrogen) atoms. The maximum absolute atomic E-state index is 13.9. The van der Waals surface area contributed by atoms with Crippen molar-refractivity contribution in [1.29, 1.82) is 0 Å². The molecule has 2 aromatic heterocycles. The molecule has 0 N–H and O–H groups in total. The Kier molecular flexibility index (Phi) is 4.42. The average Bonchev–Trinajstić information content (AvgIpc) is 3.12. The fourth-order valence-corrected chi connectivity index (χ4v) is 2.44. The van der Waals surface area contributed by atoms with Gasteiger partial charge in [-0.1, -0.05) is 22.8 Å². The minimum atomic E-state index is -4.64. The van der Waals surface area contributed by atoms with Crippen molar-refractivity contribution in [2.75, 3.05) is 0 Å². The quantitative estimate of drug-likeness (QED) is 0.648. The lowest BCUT2D eigenvalue weighted by Gasteiger charge is -2.06. The van der Waals surface area contributed by atoms with Crippen molar-refractivity contribution in [3.8, 4) is 0 Å². The third-order valence-electron chi connectivity index (χ3n) is 3.41. The molecule has 0 atom stereocenters. The summed E-state index contributed by atoms with van der Waals surface area (Å²) in [5, 5.41) is 3.66. The van der Waals surface area contributed by atoms with Crippen LogP contribution >= 0.6 is 11.6 Å². The zero-order chi connectivity index (χ0) is 18.2. The van der Waals surface area contributed by atoms with E-state index >= 15 is 0 Å². The van der Waals surface area contributed by atoms with Gasteiger partial charge in [0.25, 0.3) is 0 Å². The molecule has 3 rings (SSSR count). The summed E-state index contributed by atoms with van der Waals surface area (Å²) in [6.07, 6.45) is -4.81. The van der Waals surface area contributed by atoms with E-state index in [4.69, 9.17) is 11.6 Å². The number of hydrogen-bond donors (Lipinski definition) is 0. The first-order valence-electron chi connectivity index (χ1n) is 6.90. The van der Waals surface area contributed by atoms with E-state index in [9.17, 15) is 22.4 Å². The highest BCUT2D eigenvalue weighted by Gasteiger charge is 2.34. The Morgan fingerprint density at radius 1 is 1.20 bits per heavy atom. The van der Waals surface area contributed by atoms with Gasteiger partial charge >= 0.3 is 11.9 Å². The van der Waals surface area contributed by atoms with Crippen LogP contribution in [-0.4, -0.2) is 9.72 Å². The molecule has 2 heterocycles. The van der Waals surface area contributed by atoms with Crippen molar-refractivity contribution >= 4 is 11.6 Å². The Bertz CT molecular complexity index is 938. The van der Waals surface area contributed by atoms with Crippen LogP contribution in [0.4, 0.5) is 17.6 Å². The van der Waals surface area contributed by atoms with Gasteiger partial charge in [0.1, 0.15) is 11.6 Å². The van der Waals surface area contributed by atoms with E-state index in [1.165, 1.54) is 18.2 Å². The molecule has 0 aliphatic rings. The SMILES string of the molecule is O=c1onc(Cc2c(F)cccc2Cl)n1Cc1ccc(C(F)(F)F)o1. The maximum Gasteiger partial charge on any atom is 0.449 e. The van der Waals surface area contributed by atoms with Crippen LogP contribution in [0.3, 0.4) is 0 Å². The highest BCUT2D eigenvalue weighted by Crippen LogP contribution is 2.30. The predicted molar refractivity (Wildman–Crippen MR) is 77.8 cm³/mol. The lowest BCUT2D eigenvalue weighted by atomic mass is 10.1. The summed E-state index contributed by atoms with van der Waals surface area (Å²) >= 11 is 5.92. The van der Waals surface area contributed by atoms with Gasteiger partial charge in [0.2, 0.25) is 5.76 Å². The monoisotopic (exact) mass is 376 g/mol. The van der Waals surface area contributed by atoms with Gasteiger partial charge in [0, 0.05) is 17.0 Å². The van der Waals surface area contributed by atoms with Gasteiger partial charge in [-0.05, 0) is 24.3 Å². The van der Waals surface area contributed by atoms with Crippen molar-refractivity contribution in [3.63, 3.8) is 0 Å². The fraction of sp³-hybridized carbons (Fsp3) is 0.200. The van der Waals surface area contributed by atoms with Crippen molar-refractivity contribution in [2.24, 2.45) is 0 Å². The van der Waals surface area contributed by atoms with E-state index in [2.05, 4.69) is 14.1 Å². The first-order valence-corrected chi connectivity index (χ1v) is 7.27. The van der Waals surface area contributed by atoms with Crippen LogP contribution in [0.5, 0.6) is 0 Å². The predicted octanol–water partition coefficient (Wildman–Crippen LogP) is 3.88. The Hall–Kier alpha value is -2.55. The van der Waals surface area contributed by atoms with Gasteiger partial charge in [0.15, 0.2) is 5.82 Å². The molecule has 132 valence electrons. The van der Waals surface area contributed by atoms with Crippen LogP contribution < -0.4 is 5.76 Å². The fourth-order valence-electron chi connectivity index (χ4n) is 2.21. The van der Waals surface area contributed by atoms with Crippen molar-refractivity contribution < 1.29 is 26.5 Å². The molecule has 1 aromatic carbocycles. The number of nitrogens with zero attached hydrogens (tertiary/aromatic N) is 2. The number of hydrogen-bond acceptors (Lipinski definition) is 4. The second-order valence-corrected chi connectivity index (χ2v) is 5.50. The topological polar surface area (TPSA) is 61.2 Å². The Labute approximate surface area is 142 Å². The van der Waals surface area contributed by atoms with E-state index in [1.54, 1.807) is 0 Å². The number of rotatable bonds is 4. The van der Waals surface area contributed by atoms with Crippen LogP contribution in [0.25, 0.3) is 0 Å². The molecule has 0 radical (unpaired) electrons. The summed E-state index contributed by atoms with van der Waals surface area (Å²) in [4.78, 5) is 11.8. The van der Waals surface area contributed by atoms with Gasteiger partial charge < -0.3 is 4.42 Å². The Balaban J connectivity index is 1.90. The number of benzene rings is 1. The van der Waals surface area contributed by atoms with E-state index < -0.39 is 23.5 Å². The third kappa shape index (κ3) is 3.60. The van der Waals surface area contributed by atoms with Gasteiger partial charge in [-0.3, -0.25) is 9.09 Å². The van der Waals surface area contributed by atoms with E-state index in [-0.39, 0.29) is 35.1 Å². The van der Waals surface area contributed by atoms with Crippen LogP contribution in [-0.2, 0) is 19.1 Å². The Morgan fingerprint density at radius 3 is 2.60 bits per heavy atom. The van der Waals surface area contributed by atoms with E-state index in [0.717, 1.165) is 16.7 Å². The van der Waals surface area contributed by atoms with Crippen molar-refractivity contribution in [1.82, 2.24) is 9.72 Å². The number of alkyl halides is 3. The molecule has 3 aromatic rings. The number of aromatic nitrogens is 2. The van der Waals surface area contributed by atoms with E-state index in [1.807, 2.05) is 0 Å². The smallest absolute Gasteiger partial charge is 0.449 e. The molecule has 0 saturated carbocycles. The van der Waals surface area contributed by atoms with Crippen LogP contribution in [0, 0.1) is 5.82 Å². The summed E-state index contributed by atoms with van der Waals surface area (Å²) < 4.78 is 61.7. The standard InChI is InChI=1S/C15H9ClF4N2O3/c16-10-2-1-3-11(17)9(10)6-13-21-25-14(23)22(13)7-8-4-5-12(24-8)15(18,19)20/h1-5H,6-7H2. The molecule has 0 bridgehead atoms. The van der Waals surface area contributed by atoms with Gasteiger partial charge in [-0.2, -0.15) is 13.2 Å². The maximum atomic E-state index is 13.9. The molecule has 0 saturated heterocycles. The lowest BCUT2D eigenvalue weighted by Crippen LogP contribution is -2.18.